The highest BCUT2D eigenvalue weighted by atomic mass is 16.6. The Hall–Kier alpha value is -0.770. The first-order chi connectivity index (χ1) is 9.42. The van der Waals surface area contributed by atoms with Crippen LogP contribution >= 0.6 is 0 Å². The van der Waals surface area contributed by atoms with Crippen molar-refractivity contribution in [2.45, 2.75) is 77.9 Å². The number of carbonyl (C=O) groups excluding carboxylic acids is 1. The molecule has 1 aliphatic rings. The summed E-state index contributed by atoms with van der Waals surface area (Å²) in [5.41, 5.74) is -0.429. The van der Waals surface area contributed by atoms with Gasteiger partial charge in [0.05, 0.1) is 0 Å². The van der Waals surface area contributed by atoms with Crippen molar-refractivity contribution in [3.05, 3.63) is 0 Å². The minimum atomic E-state index is -0.429. The fourth-order valence-electron chi connectivity index (χ4n) is 2.78. The van der Waals surface area contributed by atoms with Crippen LogP contribution in [0, 0.1) is 5.92 Å². The van der Waals surface area contributed by atoms with Gasteiger partial charge < -0.3 is 15.4 Å². The first-order valence-electron chi connectivity index (χ1n) is 8.12. The summed E-state index contributed by atoms with van der Waals surface area (Å²) in [6.45, 7) is 9.52. The maximum absolute atomic E-state index is 11.8. The van der Waals surface area contributed by atoms with Gasteiger partial charge >= 0.3 is 6.09 Å². The second kappa shape index (κ2) is 8.50. The van der Waals surface area contributed by atoms with Crippen LogP contribution in [0.2, 0.25) is 0 Å². The van der Waals surface area contributed by atoms with Crippen LogP contribution in [-0.4, -0.2) is 30.8 Å². The summed E-state index contributed by atoms with van der Waals surface area (Å²) < 4.78 is 5.30. The Bertz CT molecular complexity index is 281. The quantitative estimate of drug-likeness (QED) is 0.785. The molecule has 0 heterocycles. The standard InChI is InChI=1S/C16H32N2O2/c1-5-11-17-14(13-9-7-6-8-10-13)12-18-15(19)20-16(2,3)4/h13-14,17H,5-12H2,1-4H3,(H,18,19). The smallest absolute Gasteiger partial charge is 0.407 e. The van der Waals surface area contributed by atoms with Crippen LogP contribution in [0.5, 0.6) is 0 Å². The third kappa shape index (κ3) is 7.13. The summed E-state index contributed by atoms with van der Waals surface area (Å²) in [5.74, 6) is 0.685. The molecule has 0 aliphatic heterocycles. The van der Waals surface area contributed by atoms with Gasteiger partial charge in [0.2, 0.25) is 0 Å². The SMILES string of the molecule is CCCNC(CNC(=O)OC(C)(C)C)C1CCCCC1. The topological polar surface area (TPSA) is 50.4 Å². The molecule has 0 aromatic heterocycles. The number of nitrogens with one attached hydrogen (secondary N) is 2. The van der Waals surface area contributed by atoms with Crippen molar-refractivity contribution in [3.8, 4) is 0 Å². The van der Waals surface area contributed by atoms with Crippen molar-refractivity contribution < 1.29 is 9.53 Å². The molecular weight excluding hydrogens is 252 g/mol. The molecule has 1 amide bonds. The maximum Gasteiger partial charge on any atom is 0.407 e. The molecular formula is C16H32N2O2. The second-order valence-corrected chi connectivity index (χ2v) is 6.84. The average molecular weight is 284 g/mol. The van der Waals surface area contributed by atoms with Crippen LogP contribution in [0.15, 0.2) is 0 Å². The molecule has 1 rings (SSSR count). The molecule has 0 radical (unpaired) electrons. The zero-order valence-corrected chi connectivity index (χ0v) is 13.6. The van der Waals surface area contributed by atoms with E-state index in [0.29, 0.717) is 18.5 Å². The lowest BCUT2D eigenvalue weighted by atomic mass is 9.84. The number of alkyl carbamates (subject to hydrolysis) is 1. The molecule has 1 aliphatic carbocycles. The van der Waals surface area contributed by atoms with Crippen molar-refractivity contribution in [3.63, 3.8) is 0 Å². The van der Waals surface area contributed by atoms with Gasteiger partial charge in [-0.1, -0.05) is 26.2 Å². The molecule has 2 N–H and O–H groups in total. The summed E-state index contributed by atoms with van der Waals surface area (Å²) in [4.78, 5) is 11.8. The molecule has 20 heavy (non-hydrogen) atoms. The van der Waals surface area contributed by atoms with Gasteiger partial charge in [0.15, 0.2) is 0 Å². The van der Waals surface area contributed by atoms with Crippen LogP contribution in [-0.2, 0) is 4.74 Å². The Labute approximate surface area is 124 Å². The van der Waals surface area contributed by atoms with Crippen LogP contribution in [0.25, 0.3) is 0 Å². The van der Waals surface area contributed by atoms with Gasteiger partial charge in [-0.3, -0.25) is 0 Å². The molecule has 1 unspecified atom stereocenters. The largest absolute Gasteiger partial charge is 0.444 e. The highest BCUT2D eigenvalue weighted by Gasteiger charge is 2.24. The zero-order valence-electron chi connectivity index (χ0n) is 13.6. The van der Waals surface area contributed by atoms with Crippen LogP contribution in [0.1, 0.15) is 66.2 Å². The summed E-state index contributed by atoms with van der Waals surface area (Å²) in [6, 6.07) is 0.378. The Kier molecular flexibility index (Phi) is 7.35. The highest BCUT2D eigenvalue weighted by Crippen LogP contribution is 2.26. The van der Waals surface area contributed by atoms with Crippen molar-refractivity contribution in [1.82, 2.24) is 10.6 Å². The first-order valence-corrected chi connectivity index (χ1v) is 8.12. The normalized spacial score (nSPS) is 18.6. The summed E-state index contributed by atoms with van der Waals surface area (Å²) in [5, 5.41) is 6.51. The van der Waals surface area contributed by atoms with E-state index in [0.717, 1.165) is 13.0 Å². The molecule has 0 aromatic carbocycles. The van der Waals surface area contributed by atoms with Crippen LogP contribution in [0.3, 0.4) is 0 Å². The molecule has 0 aromatic rings. The predicted octanol–water partition coefficient (Wildman–Crippen LogP) is 3.46. The van der Waals surface area contributed by atoms with Crippen molar-refractivity contribution in [2.75, 3.05) is 13.1 Å². The molecule has 1 saturated carbocycles. The number of carbonyl (C=O) groups is 1. The Morgan fingerprint density at radius 3 is 2.45 bits per heavy atom. The van der Waals surface area contributed by atoms with Gasteiger partial charge in [0.25, 0.3) is 0 Å². The molecule has 0 bridgehead atoms. The Balaban J connectivity index is 2.41. The van der Waals surface area contributed by atoms with Crippen molar-refractivity contribution in [1.29, 1.82) is 0 Å². The Morgan fingerprint density at radius 1 is 1.25 bits per heavy atom. The van der Waals surface area contributed by atoms with E-state index in [1.165, 1.54) is 32.1 Å². The van der Waals surface area contributed by atoms with Gasteiger partial charge in [-0.15, -0.1) is 0 Å². The van der Waals surface area contributed by atoms with E-state index >= 15 is 0 Å². The molecule has 1 atom stereocenters. The highest BCUT2D eigenvalue weighted by molar-refractivity contribution is 5.67. The molecule has 4 heteroatoms. The summed E-state index contributed by atoms with van der Waals surface area (Å²) in [7, 11) is 0. The minimum Gasteiger partial charge on any atom is -0.444 e. The summed E-state index contributed by atoms with van der Waals surface area (Å²) in [6.07, 6.45) is 7.36. The lowest BCUT2D eigenvalue weighted by molar-refractivity contribution is 0.0516. The fourth-order valence-corrected chi connectivity index (χ4v) is 2.78. The zero-order chi connectivity index (χ0) is 15.0. The van der Waals surface area contributed by atoms with E-state index in [1.54, 1.807) is 0 Å². The van der Waals surface area contributed by atoms with Crippen LogP contribution < -0.4 is 10.6 Å². The number of rotatable bonds is 6. The molecule has 0 spiro atoms. The number of hydrogen-bond donors (Lipinski definition) is 2. The minimum absolute atomic E-state index is 0.309. The number of amides is 1. The summed E-state index contributed by atoms with van der Waals surface area (Å²) >= 11 is 0. The fraction of sp³-hybridized carbons (Fsp3) is 0.938. The molecule has 0 saturated heterocycles. The number of ether oxygens (including phenoxy) is 1. The van der Waals surface area contributed by atoms with Crippen molar-refractivity contribution in [2.24, 2.45) is 5.92 Å². The molecule has 4 nitrogen and oxygen atoms in total. The first kappa shape index (κ1) is 17.3. The van der Waals surface area contributed by atoms with E-state index in [9.17, 15) is 4.79 Å². The Morgan fingerprint density at radius 2 is 1.90 bits per heavy atom. The third-order valence-corrected chi connectivity index (χ3v) is 3.74. The van der Waals surface area contributed by atoms with E-state index in [1.807, 2.05) is 20.8 Å². The van der Waals surface area contributed by atoms with Crippen molar-refractivity contribution >= 4 is 6.09 Å². The van der Waals surface area contributed by atoms with Gasteiger partial charge in [0.1, 0.15) is 5.60 Å². The van der Waals surface area contributed by atoms with Gasteiger partial charge in [0, 0.05) is 12.6 Å². The molecule has 118 valence electrons. The van der Waals surface area contributed by atoms with Crippen LogP contribution in [0.4, 0.5) is 4.79 Å². The van der Waals surface area contributed by atoms with E-state index in [4.69, 9.17) is 4.74 Å². The third-order valence-electron chi connectivity index (χ3n) is 3.74. The monoisotopic (exact) mass is 284 g/mol. The maximum atomic E-state index is 11.8. The number of hydrogen-bond acceptors (Lipinski definition) is 3. The van der Waals surface area contributed by atoms with E-state index in [-0.39, 0.29) is 6.09 Å². The van der Waals surface area contributed by atoms with Gasteiger partial charge in [-0.25, -0.2) is 4.79 Å². The lowest BCUT2D eigenvalue weighted by Crippen LogP contribution is -2.47. The lowest BCUT2D eigenvalue weighted by Gasteiger charge is -2.31. The van der Waals surface area contributed by atoms with Gasteiger partial charge in [-0.2, -0.15) is 0 Å². The van der Waals surface area contributed by atoms with E-state index in [2.05, 4.69) is 17.6 Å². The van der Waals surface area contributed by atoms with E-state index < -0.39 is 5.60 Å². The molecule has 1 fully saturated rings. The second-order valence-electron chi connectivity index (χ2n) is 6.84. The predicted molar refractivity (Wildman–Crippen MR) is 82.9 cm³/mol. The van der Waals surface area contributed by atoms with Gasteiger partial charge in [-0.05, 0) is 52.5 Å². The average Bonchev–Trinajstić information content (AvgIpc) is 2.38.